The molecule has 1 aliphatic carbocycles. The predicted octanol–water partition coefficient (Wildman–Crippen LogP) is 3.27. The molecular formula is C13H16ClNO2. The van der Waals surface area contributed by atoms with Crippen LogP contribution < -0.4 is 5.73 Å². The number of ether oxygens (including phenoxy) is 1. The van der Waals surface area contributed by atoms with Gasteiger partial charge in [-0.15, -0.1) is 0 Å². The van der Waals surface area contributed by atoms with Crippen LogP contribution in [0.15, 0.2) is 18.2 Å². The summed E-state index contributed by atoms with van der Waals surface area (Å²) in [6.07, 6.45) is 4.79. The Morgan fingerprint density at radius 1 is 1.47 bits per heavy atom. The van der Waals surface area contributed by atoms with Gasteiger partial charge in [0.1, 0.15) is 0 Å². The van der Waals surface area contributed by atoms with Crippen LogP contribution in [0.2, 0.25) is 5.02 Å². The smallest absolute Gasteiger partial charge is 0.339 e. The van der Waals surface area contributed by atoms with Gasteiger partial charge in [0.15, 0.2) is 0 Å². The van der Waals surface area contributed by atoms with Crippen LogP contribution in [-0.2, 0) is 4.74 Å². The zero-order valence-corrected chi connectivity index (χ0v) is 10.4. The van der Waals surface area contributed by atoms with Gasteiger partial charge in [-0.05, 0) is 30.5 Å². The highest BCUT2D eigenvalue weighted by Gasteiger charge is 2.18. The Balaban J connectivity index is 1.85. The van der Waals surface area contributed by atoms with E-state index >= 15 is 0 Å². The Kier molecular flexibility index (Phi) is 3.89. The van der Waals surface area contributed by atoms with E-state index in [2.05, 4.69) is 0 Å². The molecule has 0 amide bonds. The van der Waals surface area contributed by atoms with E-state index in [9.17, 15) is 4.79 Å². The first-order chi connectivity index (χ1) is 8.16. The Morgan fingerprint density at radius 2 is 2.24 bits per heavy atom. The second-order valence-electron chi connectivity index (χ2n) is 4.46. The van der Waals surface area contributed by atoms with Gasteiger partial charge in [0, 0.05) is 5.69 Å². The predicted molar refractivity (Wildman–Crippen MR) is 68.1 cm³/mol. The van der Waals surface area contributed by atoms with Crippen LogP contribution >= 0.6 is 11.6 Å². The summed E-state index contributed by atoms with van der Waals surface area (Å²) in [5.41, 5.74) is 6.48. The van der Waals surface area contributed by atoms with E-state index in [1.54, 1.807) is 18.2 Å². The second-order valence-corrected chi connectivity index (χ2v) is 4.87. The molecule has 3 nitrogen and oxygen atoms in total. The van der Waals surface area contributed by atoms with Gasteiger partial charge in [-0.25, -0.2) is 4.79 Å². The molecule has 2 rings (SSSR count). The number of carbonyl (C=O) groups is 1. The first-order valence-electron chi connectivity index (χ1n) is 5.89. The molecule has 0 aromatic heterocycles. The van der Waals surface area contributed by atoms with Crippen LogP contribution in [0.1, 0.15) is 36.0 Å². The van der Waals surface area contributed by atoms with Crippen LogP contribution in [0, 0.1) is 5.92 Å². The highest BCUT2D eigenvalue weighted by molar-refractivity contribution is 6.33. The van der Waals surface area contributed by atoms with E-state index in [1.165, 1.54) is 19.3 Å². The Hall–Kier alpha value is -1.22. The van der Waals surface area contributed by atoms with Crippen LogP contribution in [0.4, 0.5) is 5.69 Å². The zero-order valence-electron chi connectivity index (χ0n) is 9.62. The molecule has 0 atom stereocenters. The van der Waals surface area contributed by atoms with E-state index in [0.717, 1.165) is 12.3 Å². The van der Waals surface area contributed by atoms with Gasteiger partial charge in [-0.1, -0.05) is 30.9 Å². The summed E-state index contributed by atoms with van der Waals surface area (Å²) < 4.78 is 5.19. The van der Waals surface area contributed by atoms with Crippen molar-refractivity contribution < 1.29 is 9.53 Å². The minimum atomic E-state index is -0.366. The molecule has 0 saturated heterocycles. The highest BCUT2D eigenvalue weighted by atomic mass is 35.5. The zero-order chi connectivity index (χ0) is 12.3. The van der Waals surface area contributed by atoms with E-state index in [-0.39, 0.29) is 5.97 Å². The van der Waals surface area contributed by atoms with Crippen molar-refractivity contribution in [3.05, 3.63) is 28.8 Å². The second kappa shape index (κ2) is 5.41. The monoisotopic (exact) mass is 253 g/mol. The minimum Gasteiger partial charge on any atom is -0.462 e. The third-order valence-electron chi connectivity index (χ3n) is 3.20. The Bertz CT molecular complexity index is 416. The lowest BCUT2D eigenvalue weighted by Crippen LogP contribution is -2.15. The fourth-order valence-electron chi connectivity index (χ4n) is 1.87. The molecule has 1 fully saturated rings. The lowest BCUT2D eigenvalue weighted by Gasteiger charge is -2.24. The molecule has 1 aromatic rings. The van der Waals surface area contributed by atoms with Crippen molar-refractivity contribution in [2.45, 2.75) is 25.7 Å². The summed E-state index contributed by atoms with van der Waals surface area (Å²) >= 11 is 5.92. The molecule has 1 saturated carbocycles. The number of nitrogen functional groups attached to an aromatic ring is 1. The maximum Gasteiger partial charge on any atom is 0.339 e. The first kappa shape index (κ1) is 12.2. The van der Waals surface area contributed by atoms with Crippen molar-refractivity contribution in [2.24, 2.45) is 5.92 Å². The van der Waals surface area contributed by atoms with Gasteiger partial charge in [-0.3, -0.25) is 0 Å². The van der Waals surface area contributed by atoms with Gasteiger partial charge in [-0.2, -0.15) is 0 Å². The highest BCUT2D eigenvalue weighted by Crippen LogP contribution is 2.29. The average Bonchev–Trinajstić information content (AvgIpc) is 2.21. The number of rotatable bonds is 4. The maximum atomic E-state index is 11.7. The quantitative estimate of drug-likeness (QED) is 0.662. The van der Waals surface area contributed by atoms with Crippen molar-refractivity contribution in [3.8, 4) is 0 Å². The lowest BCUT2D eigenvalue weighted by atomic mass is 9.83. The van der Waals surface area contributed by atoms with Crippen LogP contribution in [-0.4, -0.2) is 12.6 Å². The number of benzene rings is 1. The molecule has 0 heterocycles. The molecule has 0 aliphatic heterocycles. The van der Waals surface area contributed by atoms with E-state index < -0.39 is 0 Å². The van der Waals surface area contributed by atoms with Gasteiger partial charge in [0.2, 0.25) is 0 Å². The number of esters is 1. The van der Waals surface area contributed by atoms with Crippen LogP contribution in [0.25, 0.3) is 0 Å². The maximum absolute atomic E-state index is 11.7. The molecule has 4 heteroatoms. The van der Waals surface area contributed by atoms with E-state index in [4.69, 9.17) is 22.1 Å². The topological polar surface area (TPSA) is 52.3 Å². The minimum absolute atomic E-state index is 0.346. The molecule has 0 unspecified atom stereocenters. The fraction of sp³-hybridized carbons (Fsp3) is 0.462. The normalized spacial score (nSPS) is 15.4. The number of anilines is 1. The molecule has 92 valence electrons. The molecule has 1 aliphatic rings. The Morgan fingerprint density at radius 3 is 2.82 bits per heavy atom. The summed E-state index contributed by atoms with van der Waals surface area (Å²) in [7, 11) is 0. The number of carbonyl (C=O) groups excluding carboxylic acids is 1. The molecule has 0 bridgehead atoms. The summed E-state index contributed by atoms with van der Waals surface area (Å²) in [5.74, 6) is 0.374. The lowest BCUT2D eigenvalue weighted by molar-refractivity contribution is 0.0464. The van der Waals surface area contributed by atoms with Gasteiger partial charge >= 0.3 is 5.97 Å². The summed E-state index contributed by atoms with van der Waals surface area (Å²) in [6.45, 7) is 0.476. The van der Waals surface area contributed by atoms with Crippen molar-refractivity contribution >= 4 is 23.3 Å². The molecule has 17 heavy (non-hydrogen) atoms. The SMILES string of the molecule is Nc1ccc(C(=O)OCCC2CCC2)c(Cl)c1. The number of hydrogen-bond donors (Lipinski definition) is 1. The fourth-order valence-corrected chi connectivity index (χ4v) is 2.14. The Labute approximate surface area is 106 Å². The van der Waals surface area contributed by atoms with Gasteiger partial charge in [0.25, 0.3) is 0 Å². The summed E-state index contributed by atoms with van der Waals surface area (Å²) in [6, 6.07) is 4.81. The third-order valence-corrected chi connectivity index (χ3v) is 3.51. The average molecular weight is 254 g/mol. The van der Waals surface area contributed by atoms with E-state index in [1.807, 2.05) is 0 Å². The molecule has 2 N–H and O–H groups in total. The van der Waals surface area contributed by atoms with Crippen LogP contribution in [0.3, 0.4) is 0 Å². The summed E-state index contributed by atoms with van der Waals surface area (Å²) in [5, 5.41) is 0.346. The van der Waals surface area contributed by atoms with Crippen molar-refractivity contribution in [3.63, 3.8) is 0 Å². The number of halogens is 1. The number of hydrogen-bond acceptors (Lipinski definition) is 3. The van der Waals surface area contributed by atoms with E-state index in [0.29, 0.717) is 22.9 Å². The third kappa shape index (κ3) is 3.13. The molecular weight excluding hydrogens is 238 g/mol. The van der Waals surface area contributed by atoms with Gasteiger partial charge < -0.3 is 10.5 Å². The standard InChI is InChI=1S/C13H16ClNO2/c14-12-8-10(15)4-5-11(12)13(16)17-7-6-9-2-1-3-9/h4-5,8-9H,1-3,6-7,15H2. The van der Waals surface area contributed by atoms with Crippen molar-refractivity contribution in [1.29, 1.82) is 0 Å². The van der Waals surface area contributed by atoms with Crippen LogP contribution in [0.5, 0.6) is 0 Å². The van der Waals surface area contributed by atoms with Crippen molar-refractivity contribution in [2.75, 3.05) is 12.3 Å². The number of nitrogens with two attached hydrogens (primary N) is 1. The molecule has 1 aromatic carbocycles. The van der Waals surface area contributed by atoms with Gasteiger partial charge in [0.05, 0.1) is 17.2 Å². The first-order valence-corrected chi connectivity index (χ1v) is 6.27. The summed E-state index contributed by atoms with van der Waals surface area (Å²) in [4.78, 5) is 11.7. The molecule has 0 spiro atoms. The largest absolute Gasteiger partial charge is 0.462 e. The van der Waals surface area contributed by atoms with Crippen molar-refractivity contribution in [1.82, 2.24) is 0 Å². The molecule has 0 radical (unpaired) electrons.